The molecule has 0 spiro atoms. The first-order valence-corrected chi connectivity index (χ1v) is 9.36. The molecule has 0 fully saturated rings. The second kappa shape index (κ2) is 11.5. The predicted octanol–water partition coefficient (Wildman–Crippen LogP) is -2.28. The van der Waals surface area contributed by atoms with E-state index >= 15 is 0 Å². The highest BCUT2D eigenvalue weighted by Gasteiger charge is 2.28. The number of carbonyl (C=O) groups excluding carboxylic acids is 4. The molecule has 31 heavy (non-hydrogen) atoms. The lowest BCUT2D eigenvalue weighted by Gasteiger charge is -2.22. The van der Waals surface area contributed by atoms with Crippen LogP contribution in [-0.4, -0.2) is 64.0 Å². The number of benzene rings is 1. The maximum Gasteiger partial charge on any atom is 0.325 e. The molecule has 0 aliphatic rings. The third kappa shape index (κ3) is 8.70. The van der Waals surface area contributed by atoms with Crippen LogP contribution in [-0.2, 0) is 30.4 Å². The van der Waals surface area contributed by atoms with Crippen LogP contribution in [0.1, 0.15) is 25.8 Å². The molecule has 9 N–H and O–H groups in total. The number of phenolic OH excluding ortho intramolecular Hbond substituents is 1. The molecule has 12 nitrogen and oxygen atoms in total. The highest BCUT2D eigenvalue weighted by Crippen LogP contribution is 2.11. The summed E-state index contributed by atoms with van der Waals surface area (Å²) in [5, 5.41) is 24.9. The molecule has 1 rings (SSSR count). The van der Waals surface area contributed by atoms with Gasteiger partial charge in [0.05, 0.1) is 12.5 Å². The van der Waals surface area contributed by atoms with Crippen LogP contribution in [0.3, 0.4) is 0 Å². The fourth-order valence-corrected chi connectivity index (χ4v) is 2.45. The van der Waals surface area contributed by atoms with E-state index in [2.05, 4.69) is 16.0 Å². The Hall–Kier alpha value is -3.67. The van der Waals surface area contributed by atoms with E-state index in [1.807, 2.05) is 0 Å². The lowest BCUT2D eigenvalue weighted by atomic mass is 10.1. The number of hydrogen-bond acceptors (Lipinski definition) is 7. The lowest BCUT2D eigenvalue weighted by molar-refractivity contribution is -0.142. The first-order chi connectivity index (χ1) is 14.4. The van der Waals surface area contributed by atoms with Crippen molar-refractivity contribution in [3.63, 3.8) is 0 Å². The molecule has 1 aromatic rings. The largest absolute Gasteiger partial charge is 0.508 e. The summed E-state index contributed by atoms with van der Waals surface area (Å²) in [5.41, 5.74) is 11.6. The fraction of sp³-hybridized carbons (Fsp3) is 0.421. The van der Waals surface area contributed by atoms with Crippen LogP contribution in [0.15, 0.2) is 24.3 Å². The maximum atomic E-state index is 12.4. The van der Waals surface area contributed by atoms with Gasteiger partial charge in [-0.15, -0.1) is 0 Å². The molecular formula is C19H27N5O7. The van der Waals surface area contributed by atoms with Gasteiger partial charge in [-0.3, -0.25) is 24.0 Å². The summed E-state index contributed by atoms with van der Waals surface area (Å²) >= 11 is 0. The quantitative estimate of drug-likeness (QED) is 0.200. The molecule has 0 radical (unpaired) electrons. The van der Waals surface area contributed by atoms with Crippen LogP contribution in [0.2, 0.25) is 0 Å². The normalized spacial score (nSPS) is 14.4. The summed E-state index contributed by atoms with van der Waals surface area (Å²) < 4.78 is 0. The Bertz CT molecular complexity index is 827. The molecule has 4 unspecified atom stereocenters. The van der Waals surface area contributed by atoms with Crippen LogP contribution < -0.4 is 27.4 Å². The number of hydrogen-bond donors (Lipinski definition) is 7. The number of amides is 4. The van der Waals surface area contributed by atoms with Gasteiger partial charge < -0.3 is 37.6 Å². The Labute approximate surface area is 178 Å². The van der Waals surface area contributed by atoms with Gasteiger partial charge in [0.1, 0.15) is 23.9 Å². The van der Waals surface area contributed by atoms with Crippen LogP contribution in [0.4, 0.5) is 0 Å². The van der Waals surface area contributed by atoms with E-state index in [1.54, 1.807) is 12.1 Å². The van der Waals surface area contributed by atoms with E-state index < -0.39 is 60.2 Å². The summed E-state index contributed by atoms with van der Waals surface area (Å²) in [4.78, 5) is 58.9. The van der Waals surface area contributed by atoms with Gasteiger partial charge in [-0.05, 0) is 38.0 Å². The first kappa shape index (κ1) is 25.4. The van der Waals surface area contributed by atoms with Crippen molar-refractivity contribution in [1.29, 1.82) is 0 Å². The van der Waals surface area contributed by atoms with Crippen LogP contribution >= 0.6 is 0 Å². The average molecular weight is 437 g/mol. The van der Waals surface area contributed by atoms with E-state index in [-0.39, 0.29) is 12.2 Å². The Kier molecular flexibility index (Phi) is 9.41. The molecule has 0 aromatic heterocycles. The second-order valence-electron chi connectivity index (χ2n) is 7.01. The summed E-state index contributed by atoms with van der Waals surface area (Å²) in [6.45, 7) is 2.56. The van der Waals surface area contributed by atoms with Crippen molar-refractivity contribution in [3.8, 4) is 5.75 Å². The Morgan fingerprint density at radius 2 is 1.45 bits per heavy atom. The number of carboxylic acids is 1. The fourth-order valence-electron chi connectivity index (χ4n) is 2.45. The second-order valence-corrected chi connectivity index (χ2v) is 7.01. The lowest BCUT2D eigenvalue weighted by Crippen LogP contribution is -2.56. The van der Waals surface area contributed by atoms with Gasteiger partial charge in [-0.25, -0.2) is 0 Å². The van der Waals surface area contributed by atoms with Crippen LogP contribution in [0, 0.1) is 0 Å². The van der Waals surface area contributed by atoms with Crippen molar-refractivity contribution in [2.45, 2.75) is 50.9 Å². The van der Waals surface area contributed by atoms with Crippen molar-refractivity contribution in [1.82, 2.24) is 16.0 Å². The Morgan fingerprint density at radius 1 is 0.903 bits per heavy atom. The molecule has 12 heteroatoms. The molecule has 0 heterocycles. The summed E-state index contributed by atoms with van der Waals surface area (Å²) in [6, 6.07) is 1.33. The topological polar surface area (TPSA) is 214 Å². The van der Waals surface area contributed by atoms with E-state index in [1.165, 1.54) is 26.0 Å². The third-order valence-corrected chi connectivity index (χ3v) is 4.25. The zero-order chi connectivity index (χ0) is 23.7. The predicted molar refractivity (Wildman–Crippen MR) is 108 cm³/mol. The minimum absolute atomic E-state index is 0.0689. The minimum atomic E-state index is -1.42. The average Bonchev–Trinajstić information content (AvgIpc) is 2.68. The number of nitrogens with one attached hydrogen (secondary N) is 3. The molecule has 4 atom stereocenters. The van der Waals surface area contributed by atoms with Gasteiger partial charge in [-0.1, -0.05) is 12.1 Å². The molecule has 170 valence electrons. The molecule has 0 saturated carbocycles. The van der Waals surface area contributed by atoms with Gasteiger partial charge in [0.2, 0.25) is 23.6 Å². The smallest absolute Gasteiger partial charge is 0.325 e. The molecular weight excluding hydrogens is 410 g/mol. The number of primary amides is 1. The highest BCUT2D eigenvalue weighted by molar-refractivity contribution is 5.95. The zero-order valence-electron chi connectivity index (χ0n) is 17.1. The zero-order valence-corrected chi connectivity index (χ0v) is 17.1. The van der Waals surface area contributed by atoms with Gasteiger partial charge in [-0.2, -0.15) is 0 Å². The van der Waals surface area contributed by atoms with Gasteiger partial charge >= 0.3 is 5.97 Å². The molecule has 4 amide bonds. The molecule has 0 aliphatic carbocycles. The van der Waals surface area contributed by atoms with Crippen molar-refractivity contribution >= 4 is 29.6 Å². The minimum Gasteiger partial charge on any atom is -0.508 e. The first-order valence-electron chi connectivity index (χ1n) is 9.36. The SMILES string of the molecule is CC(NC(=O)C(CC(N)=O)NC(=O)C(C)NC(=O)C(N)Cc1ccc(O)cc1)C(=O)O. The maximum absolute atomic E-state index is 12.4. The number of carbonyl (C=O) groups is 5. The summed E-state index contributed by atoms with van der Waals surface area (Å²) in [5.74, 6) is -4.47. The van der Waals surface area contributed by atoms with Crippen molar-refractivity contribution in [2.75, 3.05) is 0 Å². The van der Waals surface area contributed by atoms with E-state index in [0.717, 1.165) is 0 Å². The summed E-state index contributed by atoms with van der Waals surface area (Å²) in [6.07, 6.45) is -0.412. The van der Waals surface area contributed by atoms with Crippen molar-refractivity contribution in [2.24, 2.45) is 11.5 Å². The number of aromatic hydroxyl groups is 1. The standard InChI is InChI=1S/C19H27N5O7/c1-9(22-17(28)13(20)7-11-3-5-12(25)6-4-11)16(27)24-14(8-15(21)26)18(29)23-10(2)19(30)31/h3-6,9-10,13-14,25H,7-8,20H2,1-2H3,(H2,21,26)(H,22,28)(H,23,29)(H,24,27)(H,30,31). The Balaban J connectivity index is 2.69. The molecule has 0 saturated heterocycles. The van der Waals surface area contributed by atoms with E-state index in [0.29, 0.717) is 5.56 Å². The number of aliphatic carboxylic acids is 1. The van der Waals surface area contributed by atoms with Gasteiger partial charge in [0.15, 0.2) is 0 Å². The molecule has 0 bridgehead atoms. The highest BCUT2D eigenvalue weighted by atomic mass is 16.4. The van der Waals surface area contributed by atoms with Crippen molar-refractivity contribution in [3.05, 3.63) is 29.8 Å². The van der Waals surface area contributed by atoms with Crippen molar-refractivity contribution < 1.29 is 34.2 Å². The number of rotatable bonds is 11. The van der Waals surface area contributed by atoms with Crippen LogP contribution in [0.5, 0.6) is 5.75 Å². The Morgan fingerprint density at radius 3 is 1.97 bits per heavy atom. The third-order valence-electron chi connectivity index (χ3n) is 4.25. The number of nitrogens with two attached hydrogens (primary N) is 2. The van der Waals surface area contributed by atoms with Crippen LogP contribution in [0.25, 0.3) is 0 Å². The molecule has 0 aliphatic heterocycles. The number of carboxylic acid groups (broad SMARTS) is 1. The summed E-state index contributed by atoms with van der Waals surface area (Å²) in [7, 11) is 0. The van der Waals surface area contributed by atoms with Gasteiger partial charge in [0.25, 0.3) is 0 Å². The number of phenols is 1. The van der Waals surface area contributed by atoms with E-state index in [4.69, 9.17) is 16.6 Å². The monoisotopic (exact) mass is 437 g/mol. The van der Waals surface area contributed by atoms with Gasteiger partial charge in [0, 0.05) is 0 Å². The molecule has 1 aromatic carbocycles. The van der Waals surface area contributed by atoms with E-state index in [9.17, 15) is 29.1 Å².